The van der Waals surface area contributed by atoms with Gasteiger partial charge >= 0.3 is 10.4 Å². The molecule has 0 N–H and O–H groups in total. The van der Waals surface area contributed by atoms with E-state index >= 15 is 0 Å². The molecule has 0 radical (unpaired) electrons. The first-order valence-electron chi connectivity index (χ1n) is 3.65. The predicted octanol–water partition coefficient (Wildman–Crippen LogP) is 0.589. The highest BCUT2D eigenvalue weighted by Gasteiger charge is 2.52. The summed E-state index contributed by atoms with van der Waals surface area (Å²) in [6.45, 7) is 1.75. The van der Waals surface area contributed by atoms with Crippen molar-refractivity contribution < 1.29 is 16.8 Å². The molecular formula is C6H10O4S. The fourth-order valence-corrected chi connectivity index (χ4v) is 2.63. The van der Waals surface area contributed by atoms with Crippen LogP contribution in [-0.4, -0.2) is 20.1 Å². The van der Waals surface area contributed by atoms with Gasteiger partial charge in [-0.25, -0.2) is 8.37 Å². The highest BCUT2D eigenvalue weighted by atomic mass is 32.3. The molecule has 2 aliphatic rings. The first kappa shape index (κ1) is 7.52. The predicted molar refractivity (Wildman–Crippen MR) is 37.1 cm³/mol. The minimum absolute atomic E-state index is 0.226. The van der Waals surface area contributed by atoms with Gasteiger partial charge in [0.05, 0.1) is 11.7 Å². The summed E-state index contributed by atoms with van der Waals surface area (Å²) >= 11 is 0. The Morgan fingerprint density at radius 1 is 1.45 bits per heavy atom. The van der Waals surface area contributed by atoms with E-state index < -0.39 is 10.4 Å². The SMILES string of the molecule is C[C@@H]1CC2(CC2)OS(=O)(=O)O1. The van der Waals surface area contributed by atoms with Crippen molar-refractivity contribution in [3.63, 3.8) is 0 Å². The van der Waals surface area contributed by atoms with Crippen LogP contribution in [-0.2, 0) is 18.8 Å². The molecule has 0 amide bonds. The molecule has 1 saturated heterocycles. The van der Waals surface area contributed by atoms with E-state index in [9.17, 15) is 8.42 Å². The summed E-state index contributed by atoms with van der Waals surface area (Å²) in [4.78, 5) is 0. The second-order valence-electron chi connectivity index (χ2n) is 3.29. The van der Waals surface area contributed by atoms with Crippen molar-refractivity contribution >= 4 is 10.4 Å². The van der Waals surface area contributed by atoms with Crippen LogP contribution in [0.25, 0.3) is 0 Å². The smallest absolute Gasteiger partial charge is 0.245 e. The number of hydrogen-bond acceptors (Lipinski definition) is 4. The standard InChI is InChI=1S/C6H10O4S/c1-5-4-6(2-3-6)10-11(7,8)9-5/h5H,2-4H2,1H3/t5-/m1/s1. The molecule has 1 aliphatic carbocycles. The second kappa shape index (κ2) is 1.97. The maximum absolute atomic E-state index is 10.9. The van der Waals surface area contributed by atoms with Crippen LogP contribution >= 0.6 is 0 Å². The van der Waals surface area contributed by atoms with Crippen molar-refractivity contribution in [1.82, 2.24) is 0 Å². The zero-order chi connectivity index (χ0) is 8.11. The quantitative estimate of drug-likeness (QED) is 0.544. The minimum Gasteiger partial charge on any atom is -0.245 e. The zero-order valence-corrected chi connectivity index (χ0v) is 7.06. The topological polar surface area (TPSA) is 52.6 Å². The highest BCUT2D eigenvalue weighted by molar-refractivity contribution is 7.82. The van der Waals surface area contributed by atoms with E-state index in [0.717, 1.165) is 12.8 Å². The third-order valence-electron chi connectivity index (χ3n) is 2.03. The molecular weight excluding hydrogens is 168 g/mol. The summed E-state index contributed by atoms with van der Waals surface area (Å²) in [6.07, 6.45) is 2.17. The molecule has 2 rings (SSSR count). The Morgan fingerprint density at radius 2 is 2.09 bits per heavy atom. The van der Waals surface area contributed by atoms with Crippen LogP contribution in [0, 0.1) is 0 Å². The van der Waals surface area contributed by atoms with Gasteiger partial charge in [-0.15, -0.1) is 0 Å². The maximum Gasteiger partial charge on any atom is 0.400 e. The van der Waals surface area contributed by atoms with Crippen LogP contribution in [0.5, 0.6) is 0 Å². The van der Waals surface area contributed by atoms with E-state index in [-0.39, 0.29) is 11.7 Å². The van der Waals surface area contributed by atoms with Crippen molar-refractivity contribution in [2.45, 2.75) is 37.9 Å². The molecule has 1 aliphatic heterocycles. The van der Waals surface area contributed by atoms with E-state index in [1.165, 1.54) is 0 Å². The van der Waals surface area contributed by atoms with E-state index in [0.29, 0.717) is 6.42 Å². The molecule has 1 atom stereocenters. The van der Waals surface area contributed by atoms with Gasteiger partial charge in [0.1, 0.15) is 0 Å². The summed E-state index contributed by atoms with van der Waals surface area (Å²) in [5.74, 6) is 0. The van der Waals surface area contributed by atoms with Crippen LogP contribution in [0.3, 0.4) is 0 Å². The zero-order valence-electron chi connectivity index (χ0n) is 6.24. The van der Waals surface area contributed by atoms with Crippen molar-refractivity contribution in [3.05, 3.63) is 0 Å². The van der Waals surface area contributed by atoms with Crippen molar-refractivity contribution in [3.8, 4) is 0 Å². The Kier molecular flexibility index (Phi) is 1.34. The van der Waals surface area contributed by atoms with Crippen molar-refractivity contribution in [2.75, 3.05) is 0 Å². The summed E-state index contributed by atoms with van der Waals surface area (Å²) in [7, 11) is -3.68. The molecule has 2 fully saturated rings. The van der Waals surface area contributed by atoms with E-state index in [1.54, 1.807) is 6.92 Å². The lowest BCUT2D eigenvalue weighted by molar-refractivity contribution is 0.0348. The molecule has 11 heavy (non-hydrogen) atoms. The van der Waals surface area contributed by atoms with Crippen LogP contribution in [0.15, 0.2) is 0 Å². The lowest BCUT2D eigenvalue weighted by atomic mass is 10.1. The average Bonchev–Trinajstić information content (AvgIpc) is 2.41. The molecule has 1 spiro atoms. The van der Waals surface area contributed by atoms with Crippen molar-refractivity contribution in [1.29, 1.82) is 0 Å². The third kappa shape index (κ3) is 1.40. The Balaban J connectivity index is 2.21. The van der Waals surface area contributed by atoms with Gasteiger partial charge in [-0.05, 0) is 19.8 Å². The van der Waals surface area contributed by atoms with Gasteiger partial charge < -0.3 is 0 Å². The summed E-state index contributed by atoms with van der Waals surface area (Å²) in [5.41, 5.74) is -0.378. The minimum atomic E-state index is -3.68. The van der Waals surface area contributed by atoms with E-state index in [1.807, 2.05) is 0 Å². The van der Waals surface area contributed by atoms with E-state index in [4.69, 9.17) is 4.18 Å². The Morgan fingerprint density at radius 3 is 2.55 bits per heavy atom. The number of rotatable bonds is 0. The molecule has 1 heterocycles. The van der Waals surface area contributed by atoms with E-state index in [2.05, 4.69) is 4.18 Å². The first-order chi connectivity index (χ1) is 5.02. The summed E-state index contributed by atoms with van der Waals surface area (Å²) in [5, 5.41) is 0. The molecule has 0 aromatic heterocycles. The maximum atomic E-state index is 10.9. The Labute approximate surface area is 65.8 Å². The Bertz CT molecular complexity index is 264. The normalized spacial score (nSPS) is 38.8. The molecule has 0 bridgehead atoms. The van der Waals surface area contributed by atoms with Gasteiger partial charge in [0.2, 0.25) is 0 Å². The largest absolute Gasteiger partial charge is 0.400 e. The van der Waals surface area contributed by atoms with Crippen molar-refractivity contribution in [2.24, 2.45) is 0 Å². The molecule has 0 aromatic rings. The second-order valence-corrected chi connectivity index (χ2v) is 4.46. The fourth-order valence-electron chi connectivity index (χ4n) is 1.46. The molecule has 0 aromatic carbocycles. The summed E-state index contributed by atoms with van der Waals surface area (Å²) in [6, 6.07) is 0. The first-order valence-corrected chi connectivity index (χ1v) is 4.99. The van der Waals surface area contributed by atoms with Gasteiger partial charge in [-0.1, -0.05) is 0 Å². The van der Waals surface area contributed by atoms with Gasteiger partial charge in [0.25, 0.3) is 0 Å². The average molecular weight is 178 g/mol. The van der Waals surface area contributed by atoms with Crippen LogP contribution in [0.4, 0.5) is 0 Å². The van der Waals surface area contributed by atoms with Gasteiger partial charge in [-0.2, -0.15) is 8.42 Å². The molecule has 0 unspecified atom stereocenters. The fraction of sp³-hybridized carbons (Fsp3) is 1.00. The van der Waals surface area contributed by atoms with Crippen LogP contribution in [0.1, 0.15) is 26.2 Å². The summed E-state index contributed by atoms with van der Waals surface area (Å²) < 4.78 is 31.1. The lowest BCUT2D eigenvalue weighted by Crippen LogP contribution is -2.34. The highest BCUT2D eigenvalue weighted by Crippen LogP contribution is 2.48. The molecule has 64 valence electrons. The van der Waals surface area contributed by atoms with Crippen LogP contribution < -0.4 is 0 Å². The molecule has 1 saturated carbocycles. The van der Waals surface area contributed by atoms with Gasteiger partial charge in [0.15, 0.2) is 0 Å². The van der Waals surface area contributed by atoms with Crippen LogP contribution in [0.2, 0.25) is 0 Å². The molecule has 4 nitrogen and oxygen atoms in total. The monoisotopic (exact) mass is 178 g/mol. The lowest BCUT2D eigenvalue weighted by Gasteiger charge is -2.25. The number of hydrogen-bond donors (Lipinski definition) is 0. The van der Waals surface area contributed by atoms with Gasteiger partial charge in [-0.3, -0.25) is 0 Å². The Hall–Kier alpha value is -0.130. The third-order valence-corrected chi connectivity index (χ3v) is 3.15. The molecule has 5 heteroatoms. The van der Waals surface area contributed by atoms with Gasteiger partial charge in [0, 0.05) is 6.42 Å².